The molecule has 0 unspecified atom stereocenters. The van der Waals surface area contributed by atoms with Gasteiger partial charge in [0.05, 0.1) is 16.3 Å². The van der Waals surface area contributed by atoms with Crippen molar-refractivity contribution in [3.8, 4) is 0 Å². The lowest BCUT2D eigenvalue weighted by Gasteiger charge is -2.10. The minimum absolute atomic E-state index is 0.0664. The molecule has 2 N–H and O–H groups in total. The zero-order chi connectivity index (χ0) is 14.9. The molecule has 2 aromatic rings. The molecule has 0 aromatic heterocycles. The third-order valence-corrected chi connectivity index (χ3v) is 5.62. The largest absolute Gasteiger partial charge is 0.398 e. The lowest BCUT2D eigenvalue weighted by Crippen LogP contribution is -2.08. The predicted octanol–water partition coefficient (Wildman–Crippen LogP) is 4.31. The van der Waals surface area contributed by atoms with Gasteiger partial charge >= 0.3 is 0 Å². The standard InChI is InChI=1S/C13H10BrCl2NO2S/c14-8-4-5-13(12(17)6-8)20(18,19)7-9-10(15)2-1-3-11(9)16/h1-6H,7,17H2. The van der Waals surface area contributed by atoms with Crippen molar-refractivity contribution in [2.24, 2.45) is 0 Å². The Hall–Kier alpha value is -0.750. The second-order valence-corrected chi connectivity index (χ2v) is 7.83. The molecule has 3 nitrogen and oxygen atoms in total. The van der Waals surface area contributed by atoms with Crippen molar-refractivity contribution in [2.75, 3.05) is 5.73 Å². The molecule has 106 valence electrons. The Labute approximate surface area is 135 Å². The first-order chi connectivity index (χ1) is 9.31. The third-order valence-electron chi connectivity index (χ3n) is 2.70. The molecule has 0 aliphatic rings. The summed E-state index contributed by atoms with van der Waals surface area (Å²) in [7, 11) is -3.62. The summed E-state index contributed by atoms with van der Waals surface area (Å²) in [5.74, 6) is -0.294. The Balaban J connectivity index is 2.46. The first-order valence-electron chi connectivity index (χ1n) is 5.52. The van der Waals surface area contributed by atoms with E-state index in [2.05, 4.69) is 15.9 Å². The zero-order valence-electron chi connectivity index (χ0n) is 10.1. The number of hydrogen-bond acceptors (Lipinski definition) is 3. The molecule has 0 aliphatic heterocycles. The maximum atomic E-state index is 12.4. The first-order valence-corrected chi connectivity index (χ1v) is 8.72. The number of nitrogen functional groups attached to an aromatic ring is 1. The van der Waals surface area contributed by atoms with Crippen LogP contribution in [0, 0.1) is 0 Å². The minimum Gasteiger partial charge on any atom is -0.398 e. The quantitative estimate of drug-likeness (QED) is 0.789. The summed E-state index contributed by atoms with van der Waals surface area (Å²) in [5.41, 5.74) is 6.32. The second-order valence-electron chi connectivity index (χ2n) is 4.14. The van der Waals surface area contributed by atoms with E-state index in [1.54, 1.807) is 30.3 Å². The van der Waals surface area contributed by atoms with E-state index in [0.717, 1.165) is 0 Å². The van der Waals surface area contributed by atoms with Crippen LogP contribution in [0.1, 0.15) is 5.56 Å². The highest BCUT2D eigenvalue weighted by molar-refractivity contribution is 9.10. The lowest BCUT2D eigenvalue weighted by atomic mass is 10.2. The minimum atomic E-state index is -3.62. The van der Waals surface area contributed by atoms with Crippen molar-refractivity contribution in [1.82, 2.24) is 0 Å². The van der Waals surface area contributed by atoms with Gasteiger partial charge in [-0.1, -0.05) is 45.2 Å². The van der Waals surface area contributed by atoms with Crippen molar-refractivity contribution in [3.05, 3.63) is 56.5 Å². The summed E-state index contributed by atoms with van der Waals surface area (Å²) in [4.78, 5) is 0.0664. The molecule has 2 aromatic carbocycles. The van der Waals surface area contributed by atoms with E-state index in [9.17, 15) is 8.42 Å². The molecule has 0 bridgehead atoms. The Bertz CT molecular complexity index is 743. The van der Waals surface area contributed by atoms with Gasteiger partial charge in [0.25, 0.3) is 0 Å². The molecule has 7 heteroatoms. The lowest BCUT2D eigenvalue weighted by molar-refractivity contribution is 0.595. The molecule has 0 atom stereocenters. The number of halogens is 3. The van der Waals surface area contributed by atoms with Crippen LogP contribution in [0.3, 0.4) is 0 Å². The van der Waals surface area contributed by atoms with Gasteiger partial charge in [0.1, 0.15) is 0 Å². The topological polar surface area (TPSA) is 60.2 Å². The monoisotopic (exact) mass is 393 g/mol. The number of anilines is 1. The van der Waals surface area contributed by atoms with E-state index in [4.69, 9.17) is 28.9 Å². The van der Waals surface area contributed by atoms with Crippen LogP contribution in [0.15, 0.2) is 45.8 Å². The fraction of sp³-hybridized carbons (Fsp3) is 0.0769. The van der Waals surface area contributed by atoms with Crippen molar-refractivity contribution in [2.45, 2.75) is 10.6 Å². The maximum Gasteiger partial charge on any atom is 0.184 e. The molecule has 0 spiro atoms. The SMILES string of the molecule is Nc1cc(Br)ccc1S(=O)(=O)Cc1c(Cl)cccc1Cl. The number of rotatable bonds is 3. The zero-order valence-corrected chi connectivity index (χ0v) is 14.0. The molecule has 0 aliphatic carbocycles. The van der Waals surface area contributed by atoms with Crippen molar-refractivity contribution < 1.29 is 8.42 Å². The van der Waals surface area contributed by atoms with E-state index < -0.39 is 9.84 Å². The summed E-state index contributed by atoms with van der Waals surface area (Å²) >= 11 is 15.2. The molecule has 2 rings (SSSR count). The van der Waals surface area contributed by atoms with Crippen LogP contribution < -0.4 is 5.73 Å². The molecule has 0 heterocycles. The van der Waals surface area contributed by atoms with Gasteiger partial charge in [0.2, 0.25) is 0 Å². The summed E-state index contributed by atoms with van der Waals surface area (Å²) in [6.07, 6.45) is 0. The molecule has 0 saturated heterocycles. The van der Waals surface area contributed by atoms with Gasteiger partial charge in [-0.3, -0.25) is 0 Å². The van der Waals surface area contributed by atoms with Crippen LogP contribution in [0.25, 0.3) is 0 Å². The average Bonchev–Trinajstić information content (AvgIpc) is 2.33. The summed E-state index contributed by atoms with van der Waals surface area (Å²) < 4.78 is 25.6. The van der Waals surface area contributed by atoms with Gasteiger partial charge in [0.15, 0.2) is 9.84 Å². The molecule has 0 saturated carbocycles. The molecule has 0 amide bonds. The van der Waals surface area contributed by atoms with Crippen molar-refractivity contribution in [3.63, 3.8) is 0 Å². The summed E-state index contributed by atoms with van der Waals surface area (Å²) in [6.45, 7) is 0. The molecular weight excluding hydrogens is 385 g/mol. The number of sulfone groups is 1. The number of benzene rings is 2. The van der Waals surface area contributed by atoms with E-state index in [0.29, 0.717) is 20.1 Å². The predicted molar refractivity (Wildman–Crippen MR) is 85.9 cm³/mol. The highest BCUT2D eigenvalue weighted by Gasteiger charge is 2.21. The van der Waals surface area contributed by atoms with Gasteiger partial charge in [-0.05, 0) is 30.3 Å². The summed E-state index contributed by atoms with van der Waals surface area (Å²) in [5, 5.41) is 0.633. The molecule has 0 radical (unpaired) electrons. The maximum absolute atomic E-state index is 12.4. The van der Waals surface area contributed by atoms with Crippen LogP contribution in [-0.2, 0) is 15.6 Å². The molecule has 0 fully saturated rings. The Morgan fingerprint density at radius 3 is 2.25 bits per heavy atom. The summed E-state index contributed by atoms with van der Waals surface area (Å²) in [6, 6.07) is 9.49. The number of nitrogens with two attached hydrogens (primary N) is 1. The third kappa shape index (κ3) is 3.28. The van der Waals surface area contributed by atoms with Gasteiger partial charge < -0.3 is 5.73 Å². The molecular formula is C13H10BrCl2NO2S. The highest BCUT2D eigenvalue weighted by atomic mass is 79.9. The number of hydrogen-bond donors (Lipinski definition) is 1. The van der Waals surface area contributed by atoms with Crippen LogP contribution in [0.2, 0.25) is 10.0 Å². The first kappa shape index (κ1) is 15.6. The van der Waals surface area contributed by atoms with Gasteiger partial charge in [-0.15, -0.1) is 0 Å². The van der Waals surface area contributed by atoms with Gasteiger partial charge in [-0.25, -0.2) is 8.42 Å². The molecule has 20 heavy (non-hydrogen) atoms. The van der Waals surface area contributed by atoms with Crippen LogP contribution in [-0.4, -0.2) is 8.42 Å². The van der Waals surface area contributed by atoms with E-state index >= 15 is 0 Å². The Morgan fingerprint density at radius 2 is 1.70 bits per heavy atom. The van der Waals surface area contributed by atoms with E-state index in [1.165, 1.54) is 6.07 Å². The van der Waals surface area contributed by atoms with Gasteiger partial charge in [0, 0.05) is 20.1 Å². The second kappa shape index (κ2) is 5.93. The van der Waals surface area contributed by atoms with E-state index in [-0.39, 0.29) is 16.3 Å². The Kier molecular flexibility index (Phi) is 4.64. The fourth-order valence-electron chi connectivity index (χ4n) is 1.74. The van der Waals surface area contributed by atoms with Crippen LogP contribution in [0.4, 0.5) is 5.69 Å². The van der Waals surface area contributed by atoms with Gasteiger partial charge in [-0.2, -0.15) is 0 Å². The van der Waals surface area contributed by atoms with Crippen molar-refractivity contribution >= 4 is 54.7 Å². The smallest absolute Gasteiger partial charge is 0.184 e. The van der Waals surface area contributed by atoms with Crippen LogP contribution in [0.5, 0.6) is 0 Å². The highest BCUT2D eigenvalue weighted by Crippen LogP contribution is 2.31. The average molecular weight is 395 g/mol. The van der Waals surface area contributed by atoms with Crippen molar-refractivity contribution in [1.29, 1.82) is 0 Å². The fourth-order valence-corrected chi connectivity index (χ4v) is 4.35. The normalized spacial score (nSPS) is 11.6. The van der Waals surface area contributed by atoms with Crippen LogP contribution >= 0.6 is 39.1 Å². The van der Waals surface area contributed by atoms with E-state index in [1.807, 2.05) is 0 Å². The Morgan fingerprint density at radius 1 is 1.10 bits per heavy atom.